The van der Waals surface area contributed by atoms with E-state index in [1.807, 2.05) is 0 Å². The predicted octanol–water partition coefficient (Wildman–Crippen LogP) is 0.0703. The van der Waals surface area contributed by atoms with Crippen LogP contribution in [0.5, 0.6) is 5.75 Å². The standard InChI is InChI=1S/C9H10BFO3/c1-2-5-14-9-6-7(10(12)13)3-4-8(9)11/h2-4,6,12-13H,1,5H2. The average Bonchev–Trinajstić information content (AvgIpc) is 2.16. The van der Waals surface area contributed by atoms with Gasteiger partial charge in [0.15, 0.2) is 11.6 Å². The summed E-state index contributed by atoms with van der Waals surface area (Å²) >= 11 is 0. The van der Waals surface area contributed by atoms with E-state index in [1.165, 1.54) is 18.2 Å². The van der Waals surface area contributed by atoms with Crippen LogP contribution < -0.4 is 10.2 Å². The third-order valence-corrected chi connectivity index (χ3v) is 1.61. The van der Waals surface area contributed by atoms with Crippen molar-refractivity contribution in [2.24, 2.45) is 0 Å². The smallest absolute Gasteiger partial charge is 0.486 e. The largest absolute Gasteiger partial charge is 0.488 e. The first-order valence-electron chi connectivity index (χ1n) is 4.04. The highest BCUT2D eigenvalue weighted by Gasteiger charge is 2.13. The van der Waals surface area contributed by atoms with Gasteiger partial charge < -0.3 is 14.8 Å². The Morgan fingerprint density at radius 1 is 1.50 bits per heavy atom. The van der Waals surface area contributed by atoms with E-state index in [-0.39, 0.29) is 17.8 Å². The van der Waals surface area contributed by atoms with Crippen LogP contribution in [0.15, 0.2) is 30.9 Å². The molecule has 1 aromatic rings. The summed E-state index contributed by atoms with van der Waals surface area (Å²) in [5.41, 5.74) is 0.186. The predicted molar refractivity (Wildman–Crippen MR) is 51.9 cm³/mol. The van der Waals surface area contributed by atoms with Gasteiger partial charge in [0.2, 0.25) is 0 Å². The minimum absolute atomic E-state index is 0.0181. The molecule has 0 aromatic heterocycles. The van der Waals surface area contributed by atoms with E-state index in [0.29, 0.717) is 0 Å². The van der Waals surface area contributed by atoms with Crippen molar-refractivity contribution in [2.75, 3.05) is 6.61 Å². The molecule has 0 saturated carbocycles. The summed E-state index contributed by atoms with van der Waals surface area (Å²) in [5, 5.41) is 17.6. The highest BCUT2D eigenvalue weighted by molar-refractivity contribution is 6.58. The molecule has 0 aliphatic rings. The van der Waals surface area contributed by atoms with E-state index in [0.717, 1.165) is 6.07 Å². The Morgan fingerprint density at radius 3 is 2.79 bits per heavy atom. The van der Waals surface area contributed by atoms with Gasteiger partial charge in [-0.15, -0.1) is 0 Å². The first kappa shape index (κ1) is 10.8. The topological polar surface area (TPSA) is 49.7 Å². The van der Waals surface area contributed by atoms with Crippen LogP contribution >= 0.6 is 0 Å². The number of halogens is 1. The van der Waals surface area contributed by atoms with E-state index in [4.69, 9.17) is 14.8 Å². The molecule has 0 aliphatic carbocycles. The van der Waals surface area contributed by atoms with Gasteiger partial charge in [-0.2, -0.15) is 0 Å². The summed E-state index contributed by atoms with van der Waals surface area (Å²) < 4.78 is 18.0. The van der Waals surface area contributed by atoms with E-state index in [2.05, 4.69) is 6.58 Å². The van der Waals surface area contributed by atoms with Crippen molar-refractivity contribution in [3.63, 3.8) is 0 Å². The van der Waals surface area contributed by atoms with Gasteiger partial charge in [0.25, 0.3) is 0 Å². The molecule has 0 bridgehead atoms. The minimum atomic E-state index is -1.62. The summed E-state index contributed by atoms with van der Waals surface area (Å²) in [6.45, 7) is 3.59. The number of ether oxygens (including phenoxy) is 1. The molecule has 0 fully saturated rings. The fourth-order valence-electron chi connectivity index (χ4n) is 0.940. The van der Waals surface area contributed by atoms with Gasteiger partial charge in [-0.3, -0.25) is 0 Å². The van der Waals surface area contributed by atoms with Crippen molar-refractivity contribution in [3.05, 3.63) is 36.7 Å². The first-order valence-corrected chi connectivity index (χ1v) is 4.04. The zero-order chi connectivity index (χ0) is 10.6. The summed E-state index contributed by atoms with van der Waals surface area (Å²) in [7, 11) is -1.62. The fraction of sp³-hybridized carbons (Fsp3) is 0.111. The van der Waals surface area contributed by atoms with E-state index < -0.39 is 12.9 Å². The molecule has 5 heteroatoms. The molecule has 0 aliphatic heterocycles. The Bertz CT molecular complexity index is 328. The van der Waals surface area contributed by atoms with Gasteiger partial charge in [0.1, 0.15) is 6.61 Å². The van der Waals surface area contributed by atoms with E-state index >= 15 is 0 Å². The second kappa shape index (κ2) is 4.78. The zero-order valence-corrected chi connectivity index (χ0v) is 7.48. The molecule has 0 saturated heterocycles. The normalized spacial score (nSPS) is 9.64. The van der Waals surface area contributed by atoms with Crippen LogP contribution in [0.1, 0.15) is 0 Å². The molecule has 74 valence electrons. The van der Waals surface area contributed by atoms with Gasteiger partial charge in [-0.25, -0.2) is 4.39 Å². The molecule has 1 aromatic carbocycles. The van der Waals surface area contributed by atoms with Gasteiger partial charge in [-0.1, -0.05) is 18.7 Å². The Labute approximate surface area is 81.6 Å². The molecular weight excluding hydrogens is 186 g/mol. The van der Waals surface area contributed by atoms with Gasteiger partial charge in [-0.05, 0) is 17.6 Å². The molecule has 0 unspecified atom stereocenters. The van der Waals surface area contributed by atoms with E-state index in [1.54, 1.807) is 0 Å². The summed E-state index contributed by atoms with van der Waals surface area (Å²) in [5.74, 6) is -0.563. The maximum atomic E-state index is 13.0. The molecule has 0 heterocycles. The summed E-state index contributed by atoms with van der Waals surface area (Å²) in [6.07, 6.45) is 1.47. The second-order valence-electron chi connectivity index (χ2n) is 2.66. The van der Waals surface area contributed by atoms with Crippen LogP contribution in [0.3, 0.4) is 0 Å². The number of rotatable bonds is 4. The number of hydrogen-bond donors (Lipinski definition) is 2. The highest BCUT2D eigenvalue weighted by atomic mass is 19.1. The van der Waals surface area contributed by atoms with Gasteiger partial charge in [0.05, 0.1) is 0 Å². The third-order valence-electron chi connectivity index (χ3n) is 1.61. The second-order valence-corrected chi connectivity index (χ2v) is 2.66. The van der Waals surface area contributed by atoms with Crippen LogP contribution in [0.25, 0.3) is 0 Å². The van der Waals surface area contributed by atoms with Crippen molar-refractivity contribution >= 4 is 12.6 Å². The summed E-state index contributed by atoms with van der Waals surface area (Å²) in [4.78, 5) is 0. The Morgan fingerprint density at radius 2 is 2.21 bits per heavy atom. The highest BCUT2D eigenvalue weighted by Crippen LogP contribution is 2.14. The van der Waals surface area contributed by atoms with Crippen molar-refractivity contribution in [1.82, 2.24) is 0 Å². The quantitative estimate of drug-likeness (QED) is 0.529. The van der Waals surface area contributed by atoms with E-state index in [9.17, 15) is 4.39 Å². The van der Waals surface area contributed by atoms with Crippen LogP contribution in [-0.4, -0.2) is 23.8 Å². The molecule has 3 nitrogen and oxygen atoms in total. The minimum Gasteiger partial charge on any atom is -0.486 e. The number of benzene rings is 1. The molecule has 2 N–H and O–H groups in total. The lowest BCUT2D eigenvalue weighted by atomic mass is 9.80. The molecule has 0 radical (unpaired) electrons. The van der Waals surface area contributed by atoms with Crippen molar-refractivity contribution in [2.45, 2.75) is 0 Å². The molecule has 0 atom stereocenters. The van der Waals surface area contributed by atoms with Crippen molar-refractivity contribution in [1.29, 1.82) is 0 Å². The average molecular weight is 196 g/mol. The lowest BCUT2D eigenvalue weighted by Gasteiger charge is -2.06. The monoisotopic (exact) mass is 196 g/mol. The fourth-order valence-corrected chi connectivity index (χ4v) is 0.940. The summed E-state index contributed by atoms with van der Waals surface area (Å²) in [6, 6.07) is 3.64. The Hall–Kier alpha value is -1.33. The maximum Gasteiger partial charge on any atom is 0.488 e. The van der Waals surface area contributed by atoms with Crippen molar-refractivity contribution in [3.8, 4) is 5.75 Å². The van der Waals surface area contributed by atoms with Crippen LogP contribution in [0.4, 0.5) is 4.39 Å². The Balaban J connectivity index is 2.90. The van der Waals surface area contributed by atoms with Gasteiger partial charge in [0, 0.05) is 0 Å². The first-order chi connectivity index (χ1) is 6.65. The zero-order valence-electron chi connectivity index (χ0n) is 7.48. The van der Waals surface area contributed by atoms with Gasteiger partial charge >= 0.3 is 7.12 Å². The molecule has 0 amide bonds. The molecule has 0 spiro atoms. The maximum absolute atomic E-state index is 13.0. The SMILES string of the molecule is C=CCOc1cc(B(O)O)ccc1F. The molecular formula is C9H10BFO3. The lowest BCUT2D eigenvalue weighted by Crippen LogP contribution is -2.29. The third kappa shape index (κ3) is 2.58. The molecule has 14 heavy (non-hydrogen) atoms. The van der Waals surface area contributed by atoms with Crippen molar-refractivity contribution < 1.29 is 19.2 Å². The molecule has 1 rings (SSSR count). The Kier molecular flexibility index (Phi) is 3.68. The van der Waals surface area contributed by atoms with Crippen LogP contribution in [0, 0.1) is 5.82 Å². The van der Waals surface area contributed by atoms with Crippen LogP contribution in [-0.2, 0) is 0 Å². The van der Waals surface area contributed by atoms with Crippen LogP contribution in [0.2, 0.25) is 0 Å². The number of hydrogen-bond acceptors (Lipinski definition) is 3. The lowest BCUT2D eigenvalue weighted by molar-refractivity contribution is 0.342.